The van der Waals surface area contributed by atoms with Crippen molar-refractivity contribution in [3.8, 4) is 22.6 Å². The molecule has 31 heavy (non-hydrogen) atoms. The lowest BCUT2D eigenvalue weighted by Crippen LogP contribution is -2.44. The van der Waals surface area contributed by atoms with Crippen LogP contribution in [-0.2, 0) is 9.47 Å². The molecule has 7 heteroatoms. The molecule has 0 aromatic heterocycles. The highest BCUT2D eigenvalue weighted by molar-refractivity contribution is 6.03. The zero-order valence-electron chi connectivity index (χ0n) is 16.6. The molecule has 0 aliphatic carbocycles. The lowest BCUT2D eigenvalue weighted by Gasteiger charge is -2.17. The van der Waals surface area contributed by atoms with Crippen molar-refractivity contribution in [2.24, 2.45) is 0 Å². The largest absolute Gasteiger partial charge is 0.454 e. The average molecular weight is 419 g/mol. The minimum atomic E-state index is -0.637. The summed E-state index contributed by atoms with van der Waals surface area (Å²) < 4.78 is 22.1. The van der Waals surface area contributed by atoms with Crippen molar-refractivity contribution in [3.63, 3.8) is 0 Å². The van der Waals surface area contributed by atoms with E-state index in [9.17, 15) is 9.90 Å². The van der Waals surface area contributed by atoms with E-state index in [2.05, 4.69) is 11.4 Å². The molecule has 158 valence electrons. The predicted molar refractivity (Wildman–Crippen MR) is 112 cm³/mol. The maximum Gasteiger partial charge on any atom is 0.251 e. The van der Waals surface area contributed by atoms with Crippen molar-refractivity contribution in [1.29, 1.82) is 0 Å². The Labute approximate surface area is 178 Å². The van der Waals surface area contributed by atoms with Crippen LogP contribution in [0.15, 0.2) is 54.6 Å². The Bertz CT molecular complexity index is 1180. The smallest absolute Gasteiger partial charge is 0.251 e. The van der Waals surface area contributed by atoms with Crippen LogP contribution < -0.4 is 14.8 Å². The molecule has 0 unspecified atom stereocenters. The van der Waals surface area contributed by atoms with Crippen molar-refractivity contribution in [3.05, 3.63) is 60.2 Å². The monoisotopic (exact) mass is 419 g/mol. The van der Waals surface area contributed by atoms with E-state index in [1.54, 1.807) is 0 Å². The summed E-state index contributed by atoms with van der Waals surface area (Å²) in [4.78, 5) is 12.9. The summed E-state index contributed by atoms with van der Waals surface area (Å²) >= 11 is 0. The van der Waals surface area contributed by atoms with E-state index in [1.165, 1.54) is 0 Å². The molecule has 1 amide bonds. The van der Waals surface area contributed by atoms with Gasteiger partial charge in [0.25, 0.3) is 5.91 Å². The fraction of sp³-hybridized carbons (Fsp3) is 0.292. The van der Waals surface area contributed by atoms with Crippen molar-refractivity contribution in [1.82, 2.24) is 5.32 Å². The second-order valence-corrected chi connectivity index (χ2v) is 8.05. The van der Waals surface area contributed by atoms with Crippen LogP contribution in [-0.4, -0.2) is 55.4 Å². The Morgan fingerprint density at radius 3 is 2.74 bits per heavy atom. The van der Waals surface area contributed by atoms with Gasteiger partial charge in [0.2, 0.25) is 6.79 Å². The molecule has 3 aromatic rings. The van der Waals surface area contributed by atoms with Crippen LogP contribution in [0.4, 0.5) is 0 Å². The molecule has 2 N–H and O–H groups in total. The second kappa shape index (κ2) is 7.23. The van der Waals surface area contributed by atoms with Crippen LogP contribution in [0.25, 0.3) is 21.9 Å². The summed E-state index contributed by atoms with van der Waals surface area (Å²) in [7, 11) is 0. The number of ether oxygens (including phenoxy) is 4. The van der Waals surface area contributed by atoms with Crippen LogP contribution in [0.3, 0.4) is 0 Å². The van der Waals surface area contributed by atoms with Crippen LogP contribution in [0.2, 0.25) is 0 Å². The lowest BCUT2D eigenvalue weighted by atomic mass is 9.96. The first-order chi connectivity index (χ1) is 15.2. The quantitative estimate of drug-likeness (QED) is 0.679. The third-order valence-corrected chi connectivity index (χ3v) is 6.17. The van der Waals surface area contributed by atoms with Gasteiger partial charge >= 0.3 is 0 Å². The molecule has 3 aliphatic rings. The topological polar surface area (TPSA) is 86.3 Å². The van der Waals surface area contributed by atoms with Gasteiger partial charge in [-0.25, -0.2) is 0 Å². The molecule has 0 saturated carbocycles. The van der Waals surface area contributed by atoms with Gasteiger partial charge in [-0.2, -0.15) is 0 Å². The predicted octanol–water partition coefficient (Wildman–Crippen LogP) is 2.49. The van der Waals surface area contributed by atoms with E-state index >= 15 is 0 Å². The maximum atomic E-state index is 12.9. The average Bonchev–Trinajstić information content (AvgIpc) is 3.51. The molecule has 6 rings (SSSR count). The van der Waals surface area contributed by atoms with E-state index in [0.717, 1.165) is 33.4 Å². The fourth-order valence-corrected chi connectivity index (χ4v) is 4.60. The van der Waals surface area contributed by atoms with Crippen LogP contribution in [0.5, 0.6) is 11.5 Å². The molecule has 4 atom stereocenters. The highest BCUT2D eigenvalue weighted by Crippen LogP contribution is 2.38. The summed E-state index contributed by atoms with van der Waals surface area (Å²) in [6, 6.07) is 17.3. The number of aliphatic hydroxyl groups is 1. The first-order valence-corrected chi connectivity index (χ1v) is 10.3. The summed E-state index contributed by atoms with van der Waals surface area (Å²) in [6.45, 7) is 0.810. The van der Waals surface area contributed by atoms with E-state index in [0.29, 0.717) is 12.2 Å². The SMILES string of the molecule is O=C(N[C@H]1CO[C@H]2[C@@H]1OC[C@H]2O)c1ccc2c(-c3ccc4c(c3)OCO4)cccc2c1. The number of carbonyl (C=O) groups is 1. The van der Waals surface area contributed by atoms with Gasteiger partial charge in [0.1, 0.15) is 18.3 Å². The molecule has 0 spiro atoms. The lowest BCUT2D eigenvalue weighted by molar-refractivity contribution is 0.0178. The van der Waals surface area contributed by atoms with Crippen molar-refractivity contribution < 1.29 is 28.8 Å². The highest BCUT2D eigenvalue weighted by atomic mass is 16.7. The van der Waals surface area contributed by atoms with Gasteiger partial charge in [0, 0.05) is 5.56 Å². The number of hydrogen-bond donors (Lipinski definition) is 2. The summed E-state index contributed by atoms with van der Waals surface area (Å²) in [5.41, 5.74) is 2.65. The Hall–Kier alpha value is -3.13. The van der Waals surface area contributed by atoms with Crippen LogP contribution >= 0.6 is 0 Å². The highest BCUT2D eigenvalue weighted by Gasteiger charge is 2.47. The second-order valence-electron chi connectivity index (χ2n) is 8.05. The minimum absolute atomic E-state index is 0.186. The number of aliphatic hydroxyl groups excluding tert-OH is 1. The van der Waals surface area contributed by atoms with Gasteiger partial charge in [-0.15, -0.1) is 0 Å². The van der Waals surface area contributed by atoms with Gasteiger partial charge in [0.15, 0.2) is 11.5 Å². The molecule has 7 nitrogen and oxygen atoms in total. The number of amides is 1. The Morgan fingerprint density at radius 2 is 1.81 bits per heavy atom. The first kappa shape index (κ1) is 18.6. The maximum absolute atomic E-state index is 12.9. The molecular formula is C24H21NO6. The zero-order valence-corrected chi connectivity index (χ0v) is 16.6. The van der Waals surface area contributed by atoms with Gasteiger partial charge in [0.05, 0.1) is 19.3 Å². The Balaban J connectivity index is 1.27. The number of benzene rings is 3. The van der Waals surface area contributed by atoms with Gasteiger partial charge in [-0.3, -0.25) is 4.79 Å². The zero-order chi connectivity index (χ0) is 20.9. The number of rotatable bonds is 3. The van der Waals surface area contributed by atoms with E-state index < -0.39 is 6.10 Å². The molecule has 0 bridgehead atoms. The molecular weight excluding hydrogens is 398 g/mol. The summed E-state index contributed by atoms with van der Waals surface area (Å²) in [6.07, 6.45) is -1.31. The molecule has 2 fully saturated rings. The van der Waals surface area contributed by atoms with Gasteiger partial charge < -0.3 is 29.4 Å². The van der Waals surface area contributed by atoms with Crippen LogP contribution in [0.1, 0.15) is 10.4 Å². The third kappa shape index (κ3) is 3.13. The van der Waals surface area contributed by atoms with Crippen molar-refractivity contribution in [2.75, 3.05) is 20.0 Å². The van der Waals surface area contributed by atoms with Crippen LogP contribution in [0, 0.1) is 0 Å². The standard InChI is InChI=1S/C24H21NO6/c26-19-11-29-22-18(10-28-23(19)22)25-24(27)15-4-6-17-13(8-15)2-1-3-16(17)14-5-7-20-21(9-14)31-12-30-20/h1-9,18-19,22-23,26H,10-12H2,(H,25,27)/t18-,19+,22+,23+/m0/s1. The van der Waals surface area contributed by atoms with Crippen molar-refractivity contribution >= 4 is 16.7 Å². The molecule has 3 aromatic carbocycles. The fourth-order valence-electron chi connectivity index (χ4n) is 4.60. The van der Waals surface area contributed by atoms with E-state index in [-0.39, 0.29) is 37.6 Å². The molecule has 3 heterocycles. The Kier molecular flexibility index (Phi) is 4.34. The molecule has 3 aliphatic heterocycles. The van der Waals surface area contributed by atoms with E-state index in [1.807, 2.05) is 48.5 Å². The number of nitrogens with one attached hydrogen (secondary N) is 1. The summed E-state index contributed by atoms with van der Waals surface area (Å²) in [5.74, 6) is 1.30. The summed E-state index contributed by atoms with van der Waals surface area (Å²) in [5, 5.41) is 14.9. The van der Waals surface area contributed by atoms with Gasteiger partial charge in [-0.1, -0.05) is 30.3 Å². The normalized spacial score (nSPS) is 26.2. The van der Waals surface area contributed by atoms with Crippen molar-refractivity contribution in [2.45, 2.75) is 24.4 Å². The minimum Gasteiger partial charge on any atom is -0.454 e. The molecule has 2 saturated heterocycles. The number of carbonyl (C=O) groups excluding carboxylic acids is 1. The number of fused-ring (bicyclic) bond motifs is 3. The third-order valence-electron chi connectivity index (χ3n) is 6.17. The van der Waals surface area contributed by atoms with E-state index in [4.69, 9.17) is 18.9 Å². The number of hydrogen-bond acceptors (Lipinski definition) is 6. The first-order valence-electron chi connectivity index (χ1n) is 10.3. The Morgan fingerprint density at radius 1 is 0.935 bits per heavy atom. The van der Waals surface area contributed by atoms with Gasteiger partial charge in [-0.05, 0) is 46.2 Å². The molecule has 0 radical (unpaired) electrons.